The first kappa shape index (κ1) is 14.2. The largest absolute Gasteiger partial charge is 0.323 e. The maximum absolute atomic E-state index is 6.24. The Bertz CT molecular complexity index is 513. The van der Waals surface area contributed by atoms with Crippen molar-refractivity contribution in [2.24, 2.45) is 5.73 Å². The highest BCUT2D eigenvalue weighted by Crippen LogP contribution is 2.23. The summed E-state index contributed by atoms with van der Waals surface area (Å²) >= 11 is 1.63. The molecule has 0 bridgehead atoms. The quantitative estimate of drug-likeness (QED) is 0.882. The van der Waals surface area contributed by atoms with Crippen LogP contribution in [0.25, 0.3) is 0 Å². The molecule has 0 fully saturated rings. The predicted octanol–water partition coefficient (Wildman–Crippen LogP) is 3.25. The minimum absolute atomic E-state index is 0.00227. The number of hydrogen-bond acceptors (Lipinski definition) is 4. The molecule has 4 nitrogen and oxygen atoms in total. The standard InChI is InChI=1S/C14H22N4S/c1-4-12(5-2)18-7-6-11(17-18)8-13(15)14-10(3)16-9-19-14/h6-7,9,12-13H,4-5,8,15H2,1-3H3. The van der Waals surface area contributed by atoms with Crippen molar-refractivity contribution >= 4 is 11.3 Å². The molecule has 0 aliphatic carbocycles. The van der Waals surface area contributed by atoms with Gasteiger partial charge in [0.25, 0.3) is 0 Å². The van der Waals surface area contributed by atoms with Gasteiger partial charge in [0.2, 0.25) is 0 Å². The molecular formula is C14H22N4S. The fourth-order valence-corrected chi connectivity index (χ4v) is 3.14. The van der Waals surface area contributed by atoms with Crippen LogP contribution >= 0.6 is 11.3 Å². The summed E-state index contributed by atoms with van der Waals surface area (Å²) in [6.07, 6.45) is 5.06. The number of nitrogens with two attached hydrogens (primary N) is 1. The van der Waals surface area contributed by atoms with Crippen molar-refractivity contribution in [2.75, 3.05) is 0 Å². The summed E-state index contributed by atoms with van der Waals surface area (Å²) in [6, 6.07) is 2.57. The van der Waals surface area contributed by atoms with Crippen LogP contribution in [0.1, 0.15) is 55.0 Å². The van der Waals surface area contributed by atoms with E-state index in [1.165, 1.54) is 0 Å². The smallest absolute Gasteiger partial charge is 0.0798 e. The van der Waals surface area contributed by atoms with Crippen LogP contribution in [-0.4, -0.2) is 14.8 Å². The molecule has 2 heterocycles. The molecule has 2 aromatic rings. The van der Waals surface area contributed by atoms with Crippen molar-refractivity contribution in [3.8, 4) is 0 Å². The van der Waals surface area contributed by atoms with Crippen LogP contribution < -0.4 is 5.73 Å². The van der Waals surface area contributed by atoms with Crippen molar-refractivity contribution < 1.29 is 0 Å². The lowest BCUT2D eigenvalue weighted by Gasteiger charge is -2.13. The van der Waals surface area contributed by atoms with Gasteiger partial charge in [-0.25, -0.2) is 4.98 Å². The Morgan fingerprint density at radius 2 is 2.11 bits per heavy atom. The van der Waals surface area contributed by atoms with Crippen LogP contribution in [0.4, 0.5) is 0 Å². The van der Waals surface area contributed by atoms with Crippen molar-refractivity contribution in [1.29, 1.82) is 0 Å². The first-order valence-electron chi connectivity index (χ1n) is 6.85. The molecule has 5 heteroatoms. The summed E-state index contributed by atoms with van der Waals surface area (Å²) in [7, 11) is 0. The molecule has 1 atom stereocenters. The minimum atomic E-state index is -0.00227. The lowest BCUT2D eigenvalue weighted by Crippen LogP contribution is -2.14. The van der Waals surface area contributed by atoms with Gasteiger partial charge in [0.1, 0.15) is 0 Å². The van der Waals surface area contributed by atoms with Gasteiger partial charge in [-0.15, -0.1) is 11.3 Å². The predicted molar refractivity (Wildman–Crippen MR) is 79.3 cm³/mol. The number of aryl methyl sites for hydroxylation is 1. The van der Waals surface area contributed by atoms with Crippen molar-refractivity contribution in [1.82, 2.24) is 14.8 Å². The molecule has 1 unspecified atom stereocenters. The molecule has 0 saturated heterocycles. The molecule has 0 aliphatic heterocycles. The Kier molecular flexibility index (Phi) is 4.71. The summed E-state index contributed by atoms with van der Waals surface area (Å²) in [5.74, 6) is 0. The Hall–Kier alpha value is -1.20. The van der Waals surface area contributed by atoms with Gasteiger partial charge in [-0.2, -0.15) is 5.10 Å². The van der Waals surface area contributed by atoms with Gasteiger partial charge in [-0.3, -0.25) is 4.68 Å². The molecule has 0 aromatic carbocycles. The summed E-state index contributed by atoms with van der Waals surface area (Å²) in [6.45, 7) is 6.40. The monoisotopic (exact) mass is 278 g/mol. The summed E-state index contributed by atoms with van der Waals surface area (Å²) in [5.41, 5.74) is 10.2. The van der Waals surface area contributed by atoms with Gasteiger partial charge in [-0.05, 0) is 25.8 Å². The lowest BCUT2D eigenvalue weighted by molar-refractivity contribution is 0.424. The minimum Gasteiger partial charge on any atom is -0.323 e. The normalized spacial score (nSPS) is 13.1. The van der Waals surface area contributed by atoms with Crippen LogP contribution in [0.15, 0.2) is 17.8 Å². The van der Waals surface area contributed by atoms with E-state index in [2.05, 4.69) is 40.9 Å². The van der Waals surface area contributed by atoms with Crippen LogP contribution in [-0.2, 0) is 6.42 Å². The first-order chi connectivity index (χ1) is 9.15. The van der Waals surface area contributed by atoms with Gasteiger partial charge >= 0.3 is 0 Å². The van der Waals surface area contributed by atoms with E-state index in [1.807, 2.05) is 12.4 Å². The van der Waals surface area contributed by atoms with Gasteiger partial charge in [0.15, 0.2) is 0 Å². The molecule has 2 N–H and O–H groups in total. The zero-order valence-electron chi connectivity index (χ0n) is 11.8. The topological polar surface area (TPSA) is 56.7 Å². The van der Waals surface area contributed by atoms with E-state index < -0.39 is 0 Å². The average Bonchev–Trinajstić information content (AvgIpc) is 3.00. The van der Waals surface area contributed by atoms with Gasteiger partial charge in [0.05, 0.1) is 22.9 Å². The summed E-state index contributed by atoms with van der Waals surface area (Å²) < 4.78 is 2.07. The molecule has 2 aromatic heterocycles. The van der Waals surface area contributed by atoms with Crippen molar-refractivity contribution in [3.05, 3.63) is 34.0 Å². The molecule has 0 saturated carbocycles. The van der Waals surface area contributed by atoms with E-state index in [4.69, 9.17) is 5.73 Å². The fraction of sp³-hybridized carbons (Fsp3) is 0.571. The van der Waals surface area contributed by atoms with Gasteiger partial charge < -0.3 is 5.73 Å². The van der Waals surface area contributed by atoms with Gasteiger partial charge in [0, 0.05) is 23.5 Å². The van der Waals surface area contributed by atoms with E-state index in [9.17, 15) is 0 Å². The van der Waals surface area contributed by atoms with Crippen molar-refractivity contribution in [3.63, 3.8) is 0 Å². The molecule has 0 amide bonds. The van der Waals surface area contributed by atoms with E-state index in [0.717, 1.165) is 35.5 Å². The second-order valence-corrected chi connectivity index (χ2v) is 5.76. The lowest BCUT2D eigenvalue weighted by atomic mass is 10.1. The fourth-order valence-electron chi connectivity index (χ4n) is 2.34. The van der Waals surface area contributed by atoms with Crippen LogP contribution in [0, 0.1) is 6.92 Å². The third-order valence-electron chi connectivity index (χ3n) is 3.53. The molecule has 2 rings (SSSR count). The second-order valence-electron chi connectivity index (χ2n) is 4.87. The maximum atomic E-state index is 6.24. The highest BCUT2D eigenvalue weighted by atomic mass is 32.1. The summed E-state index contributed by atoms with van der Waals surface area (Å²) in [5, 5.41) is 4.65. The highest BCUT2D eigenvalue weighted by Gasteiger charge is 2.15. The number of thiazole rings is 1. The number of aromatic nitrogens is 3. The zero-order valence-corrected chi connectivity index (χ0v) is 12.7. The molecule has 0 radical (unpaired) electrons. The summed E-state index contributed by atoms with van der Waals surface area (Å²) in [4.78, 5) is 5.42. The second kappa shape index (κ2) is 6.30. The van der Waals surface area contributed by atoms with Gasteiger partial charge in [-0.1, -0.05) is 13.8 Å². The highest BCUT2D eigenvalue weighted by molar-refractivity contribution is 7.09. The SMILES string of the molecule is CCC(CC)n1ccc(CC(N)c2scnc2C)n1. The Morgan fingerprint density at radius 3 is 2.68 bits per heavy atom. The third kappa shape index (κ3) is 3.22. The first-order valence-corrected chi connectivity index (χ1v) is 7.73. The molecule has 19 heavy (non-hydrogen) atoms. The van der Waals surface area contributed by atoms with Crippen LogP contribution in [0.2, 0.25) is 0 Å². The van der Waals surface area contributed by atoms with E-state index in [1.54, 1.807) is 11.3 Å². The number of hydrogen-bond donors (Lipinski definition) is 1. The van der Waals surface area contributed by atoms with Crippen molar-refractivity contribution in [2.45, 2.75) is 52.1 Å². The molecule has 0 spiro atoms. The zero-order chi connectivity index (χ0) is 13.8. The average molecular weight is 278 g/mol. The molecule has 104 valence electrons. The maximum Gasteiger partial charge on any atom is 0.0798 e. The number of rotatable bonds is 6. The van der Waals surface area contributed by atoms with E-state index in [-0.39, 0.29) is 6.04 Å². The Balaban J connectivity index is 2.06. The Labute approximate surface area is 118 Å². The van der Waals surface area contributed by atoms with E-state index >= 15 is 0 Å². The third-order valence-corrected chi connectivity index (χ3v) is 4.59. The molecular weight excluding hydrogens is 256 g/mol. The van der Waals surface area contributed by atoms with E-state index in [0.29, 0.717) is 6.04 Å². The van der Waals surface area contributed by atoms with Crippen LogP contribution in [0.3, 0.4) is 0 Å². The Morgan fingerprint density at radius 1 is 1.37 bits per heavy atom. The molecule has 0 aliphatic rings. The number of nitrogens with zero attached hydrogens (tertiary/aromatic N) is 3. The van der Waals surface area contributed by atoms with Crippen LogP contribution in [0.5, 0.6) is 0 Å².